The van der Waals surface area contributed by atoms with E-state index in [1.165, 1.54) is 25.7 Å². The third-order valence-corrected chi connectivity index (χ3v) is 1.55. The first-order valence-electron chi connectivity index (χ1n) is 4.57. The summed E-state index contributed by atoms with van der Waals surface area (Å²) in [6, 6.07) is 0. The summed E-state index contributed by atoms with van der Waals surface area (Å²) in [6.45, 7) is 2.92. The Labute approximate surface area is 70.4 Å². The highest BCUT2D eigenvalue weighted by atomic mass is 14.5. The monoisotopic (exact) mass is 153 g/mol. The van der Waals surface area contributed by atoms with Crippen LogP contribution in [0.1, 0.15) is 45.4 Å². The molecule has 0 aliphatic heterocycles. The van der Waals surface area contributed by atoms with Crippen molar-refractivity contribution in [1.82, 2.24) is 0 Å². The summed E-state index contributed by atoms with van der Waals surface area (Å²) < 4.78 is 0. The Bertz CT molecular complexity index is 119. The Hall–Kier alpha value is -0.480. The maximum atomic E-state index is 5.29. The molecule has 11 heavy (non-hydrogen) atoms. The molecule has 64 valence electrons. The summed E-state index contributed by atoms with van der Waals surface area (Å²) >= 11 is 0. The first-order chi connectivity index (χ1) is 5.41. The van der Waals surface area contributed by atoms with Crippen LogP contribution in [0.15, 0.2) is 0 Å². The van der Waals surface area contributed by atoms with E-state index in [4.69, 9.17) is 5.73 Å². The molecule has 0 aromatic carbocycles. The molecule has 0 amide bonds. The summed E-state index contributed by atoms with van der Waals surface area (Å²) in [5, 5.41) is 0. The summed E-state index contributed by atoms with van der Waals surface area (Å²) in [5.41, 5.74) is 5.29. The van der Waals surface area contributed by atoms with Crippen LogP contribution in [0.25, 0.3) is 0 Å². The average Bonchev–Trinajstić information content (AvgIpc) is 2.03. The zero-order valence-electron chi connectivity index (χ0n) is 7.53. The van der Waals surface area contributed by atoms with E-state index in [2.05, 4.69) is 18.8 Å². The van der Waals surface area contributed by atoms with E-state index in [0.717, 1.165) is 12.8 Å². The van der Waals surface area contributed by atoms with Crippen LogP contribution in [0.2, 0.25) is 0 Å². The van der Waals surface area contributed by atoms with Crippen LogP contribution >= 0.6 is 0 Å². The summed E-state index contributed by atoms with van der Waals surface area (Å²) in [7, 11) is 0. The molecule has 0 saturated heterocycles. The molecule has 0 aromatic heterocycles. The average molecular weight is 153 g/mol. The SMILES string of the molecule is CCCCCCC#CCCN. The van der Waals surface area contributed by atoms with Gasteiger partial charge in [0.05, 0.1) is 0 Å². The van der Waals surface area contributed by atoms with Gasteiger partial charge in [-0.05, 0) is 6.42 Å². The van der Waals surface area contributed by atoms with Gasteiger partial charge in [-0.2, -0.15) is 0 Å². The highest BCUT2D eigenvalue weighted by molar-refractivity contribution is 4.98. The maximum Gasteiger partial charge on any atom is 0.0212 e. The largest absolute Gasteiger partial charge is 0.330 e. The first-order valence-corrected chi connectivity index (χ1v) is 4.57. The quantitative estimate of drug-likeness (QED) is 0.476. The molecule has 1 heteroatoms. The van der Waals surface area contributed by atoms with Gasteiger partial charge in [0.25, 0.3) is 0 Å². The highest BCUT2D eigenvalue weighted by Crippen LogP contribution is 2.00. The van der Waals surface area contributed by atoms with E-state index in [1.54, 1.807) is 0 Å². The van der Waals surface area contributed by atoms with E-state index in [1.807, 2.05) is 0 Å². The smallest absolute Gasteiger partial charge is 0.0212 e. The lowest BCUT2D eigenvalue weighted by molar-refractivity contribution is 0.679. The lowest BCUT2D eigenvalue weighted by Gasteiger charge is -1.91. The van der Waals surface area contributed by atoms with Gasteiger partial charge in [-0.1, -0.05) is 26.2 Å². The second kappa shape index (κ2) is 9.52. The zero-order chi connectivity index (χ0) is 8.36. The van der Waals surface area contributed by atoms with Crippen molar-refractivity contribution in [2.45, 2.75) is 45.4 Å². The van der Waals surface area contributed by atoms with E-state index in [0.29, 0.717) is 6.54 Å². The van der Waals surface area contributed by atoms with Gasteiger partial charge >= 0.3 is 0 Å². The van der Waals surface area contributed by atoms with Gasteiger partial charge in [0.15, 0.2) is 0 Å². The molecule has 0 aromatic rings. The van der Waals surface area contributed by atoms with E-state index >= 15 is 0 Å². The molecule has 2 N–H and O–H groups in total. The lowest BCUT2D eigenvalue weighted by atomic mass is 10.1. The molecule has 0 heterocycles. The van der Waals surface area contributed by atoms with Crippen molar-refractivity contribution in [2.24, 2.45) is 5.73 Å². The van der Waals surface area contributed by atoms with E-state index in [-0.39, 0.29) is 0 Å². The highest BCUT2D eigenvalue weighted by Gasteiger charge is 1.83. The summed E-state index contributed by atoms with van der Waals surface area (Å²) in [4.78, 5) is 0. The molecule has 0 aliphatic rings. The van der Waals surface area contributed by atoms with Crippen molar-refractivity contribution in [1.29, 1.82) is 0 Å². The van der Waals surface area contributed by atoms with Crippen molar-refractivity contribution >= 4 is 0 Å². The lowest BCUT2D eigenvalue weighted by Crippen LogP contribution is -1.95. The predicted octanol–water partition coefficient (Wildman–Crippen LogP) is 2.31. The predicted molar refractivity (Wildman–Crippen MR) is 50.2 cm³/mol. The van der Waals surface area contributed by atoms with Gasteiger partial charge in [0.2, 0.25) is 0 Å². The molecule has 0 spiro atoms. The van der Waals surface area contributed by atoms with Crippen LogP contribution in [0.4, 0.5) is 0 Å². The number of hydrogen-bond acceptors (Lipinski definition) is 1. The number of unbranched alkanes of at least 4 members (excludes halogenated alkanes) is 4. The van der Waals surface area contributed by atoms with Gasteiger partial charge in [0, 0.05) is 19.4 Å². The molecule has 0 fully saturated rings. The maximum absolute atomic E-state index is 5.29. The molecular formula is C10H19N. The van der Waals surface area contributed by atoms with Crippen LogP contribution in [0.5, 0.6) is 0 Å². The summed E-state index contributed by atoms with van der Waals surface area (Å²) in [6.07, 6.45) is 7.14. The van der Waals surface area contributed by atoms with E-state index in [9.17, 15) is 0 Å². The van der Waals surface area contributed by atoms with Gasteiger partial charge in [0.1, 0.15) is 0 Å². The van der Waals surface area contributed by atoms with Crippen LogP contribution < -0.4 is 5.73 Å². The van der Waals surface area contributed by atoms with Gasteiger partial charge in [-0.15, -0.1) is 11.8 Å². The number of nitrogens with two attached hydrogens (primary N) is 1. The topological polar surface area (TPSA) is 26.0 Å². The molecule has 0 saturated carbocycles. The van der Waals surface area contributed by atoms with Crippen molar-refractivity contribution < 1.29 is 0 Å². The van der Waals surface area contributed by atoms with Gasteiger partial charge in [-0.25, -0.2) is 0 Å². The fourth-order valence-electron chi connectivity index (χ4n) is 0.889. The van der Waals surface area contributed by atoms with Crippen molar-refractivity contribution in [2.75, 3.05) is 6.54 Å². The Kier molecular flexibility index (Phi) is 9.10. The zero-order valence-corrected chi connectivity index (χ0v) is 7.53. The standard InChI is InChI=1S/C10H19N/c1-2-3-4-5-6-7-8-9-10-11/h2-6,9-11H2,1H3. The molecular weight excluding hydrogens is 134 g/mol. The third-order valence-electron chi connectivity index (χ3n) is 1.55. The van der Waals surface area contributed by atoms with Crippen molar-refractivity contribution in [3.63, 3.8) is 0 Å². The second-order valence-corrected chi connectivity index (χ2v) is 2.70. The number of hydrogen-bond donors (Lipinski definition) is 1. The minimum absolute atomic E-state index is 0.696. The first kappa shape index (κ1) is 10.5. The molecule has 0 bridgehead atoms. The van der Waals surface area contributed by atoms with E-state index < -0.39 is 0 Å². The van der Waals surface area contributed by atoms with Crippen LogP contribution in [0.3, 0.4) is 0 Å². The second-order valence-electron chi connectivity index (χ2n) is 2.70. The van der Waals surface area contributed by atoms with Crippen molar-refractivity contribution in [3.05, 3.63) is 0 Å². The number of rotatable bonds is 5. The van der Waals surface area contributed by atoms with Gasteiger partial charge in [-0.3, -0.25) is 0 Å². The Balaban J connectivity index is 2.96. The minimum atomic E-state index is 0.696. The molecule has 0 aliphatic carbocycles. The molecule has 0 atom stereocenters. The Morgan fingerprint density at radius 2 is 1.73 bits per heavy atom. The molecule has 0 rings (SSSR count). The Morgan fingerprint density at radius 1 is 1.00 bits per heavy atom. The Morgan fingerprint density at radius 3 is 2.36 bits per heavy atom. The van der Waals surface area contributed by atoms with Crippen LogP contribution in [-0.4, -0.2) is 6.54 Å². The molecule has 1 nitrogen and oxygen atoms in total. The normalized spacial score (nSPS) is 8.91. The third kappa shape index (κ3) is 9.52. The van der Waals surface area contributed by atoms with Crippen LogP contribution in [-0.2, 0) is 0 Å². The minimum Gasteiger partial charge on any atom is -0.330 e. The van der Waals surface area contributed by atoms with Crippen LogP contribution in [0, 0.1) is 11.8 Å². The summed E-state index contributed by atoms with van der Waals surface area (Å²) in [5.74, 6) is 6.15. The van der Waals surface area contributed by atoms with Crippen molar-refractivity contribution in [3.8, 4) is 11.8 Å². The molecule has 0 radical (unpaired) electrons. The molecule has 0 unspecified atom stereocenters. The fourth-order valence-corrected chi connectivity index (χ4v) is 0.889. The fraction of sp³-hybridized carbons (Fsp3) is 0.800. The van der Waals surface area contributed by atoms with Gasteiger partial charge < -0.3 is 5.73 Å².